The molecule has 7 heteroatoms. The molecule has 0 saturated heterocycles. The summed E-state index contributed by atoms with van der Waals surface area (Å²) in [5.41, 5.74) is 2.14. The summed E-state index contributed by atoms with van der Waals surface area (Å²) in [4.78, 5) is 16.8. The fourth-order valence-electron chi connectivity index (χ4n) is 2.84. The molecule has 4 rings (SSSR count). The summed E-state index contributed by atoms with van der Waals surface area (Å²) in [7, 11) is 0. The van der Waals surface area contributed by atoms with Gasteiger partial charge in [0.15, 0.2) is 11.5 Å². The number of carbonyl (C=O) groups is 1. The molecule has 0 bridgehead atoms. The number of benzene rings is 1. The predicted octanol–water partition coefficient (Wildman–Crippen LogP) is 4.85. The molecule has 1 aromatic carbocycles. The van der Waals surface area contributed by atoms with E-state index in [1.165, 1.54) is 6.07 Å². The number of pyridine rings is 1. The van der Waals surface area contributed by atoms with Gasteiger partial charge in [0, 0.05) is 28.3 Å². The SMILES string of the molecule is Cc1cn2cc(NC(=O)c3ccc(Br)c4cc(C)oc34)cc(F)c2n1. The average Bonchev–Trinajstić information content (AvgIpc) is 3.10. The second-order valence-corrected chi connectivity index (χ2v) is 6.69. The molecule has 0 saturated carbocycles. The maximum Gasteiger partial charge on any atom is 0.259 e. The summed E-state index contributed by atoms with van der Waals surface area (Å²) in [6.07, 6.45) is 3.32. The number of hydrogen-bond acceptors (Lipinski definition) is 3. The Hall–Kier alpha value is -2.67. The molecule has 0 spiro atoms. The van der Waals surface area contributed by atoms with Gasteiger partial charge in [0.2, 0.25) is 0 Å². The van der Waals surface area contributed by atoms with Crippen molar-refractivity contribution in [2.75, 3.05) is 5.32 Å². The van der Waals surface area contributed by atoms with Crippen LogP contribution in [0.5, 0.6) is 0 Å². The average molecular weight is 402 g/mol. The van der Waals surface area contributed by atoms with Crippen LogP contribution in [-0.2, 0) is 0 Å². The van der Waals surface area contributed by atoms with E-state index in [2.05, 4.69) is 26.2 Å². The van der Waals surface area contributed by atoms with Crippen molar-refractivity contribution in [3.63, 3.8) is 0 Å². The summed E-state index contributed by atoms with van der Waals surface area (Å²) < 4.78 is 22.2. The molecule has 0 unspecified atom stereocenters. The number of rotatable bonds is 2. The summed E-state index contributed by atoms with van der Waals surface area (Å²) in [6, 6.07) is 6.56. The third-order valence-electron chi connectivity index (χ3n) is 3.88. The summed E-state index contributed by atoms with van der Waals surface area (Å²) in [5.74, 6) is -0.166. The number of halogens is 2. The number of nitrogens with one attached hydrogen (secondary N) is 1. The second kappa shape index (κ2) is 5.70. The Bertz CT molecular complexity index is 1150. The first kappa shape index (κ1) is 15.8. The van der Waals surface area contributed by atoms with Gasteiger partial charge in [-0.25, -0.2) is 9.37 Å². The minimum absolute atomic E-state index is 0.225. The number of hydrogen-bond donors (Lipinski definition) is 1. The summed E-state index contributed by atoms with van der Waals surface area (Å²) >= 11 is 3.45. The molecule has 0 aliphatic rings. The van der Waals surface area contributed by atoms with Crippen molar-refractivity contribution in [2.45, 2.75) is 13.8 Å². The van der Waals surface area contributed by atoms with E-state index in [-0.39, 0.29) is 11.6 Å². The van der Waals surface area contributed by atoms with Crippen molar-refractivity contribution in [3.05, 3.63) is 64.0 Å². The summed E-state index contributed by atoms with van der Waals surface area (Å²) in [6.45, 7) is 3.60. The number of amides is 1. The molecule has 4 aromatic rings. The lowest BCUT2D eigenvalue weighted by molar-refractivity contribution is 0.102. The number of anilines is 1. The number of nitrogens with zero attached hydrogens (tertiary/aromatic N) is 2. The lowest BCUT2D eigenvalue weighted by Crippen LogP contribution is -2.13. The molecule has 0 atom stereocenters. The van der Waals surface area contributed by atoms with E-state index >= 15 is 0 Å². The molecule has 1 amide bonds. The van der Waals surface area contributed by atoms with Crippen LogP contribution in [0.2, 0.25) is 0 Å². The second-order valence-electron chi connectivity index (χ2n) is 5.84. The largest absolute Gasteiger partial charge is 0.460 e. The number of aromatic nitrogens is 2. The van der Waals surface area contributed by atoms with E-state index in [0.29, 0.717) is 28.3 Å². The summed E-state index contributed by atoms with van der Waals surface area (Å²) in [5, 5.41) is 3.54. The predicted molar refractivity (Wildman–Crippen MR) is 96.5 cm³/mol. The molecule has 0 radical (unpaired) electrons. The van der Waals surface area contributed by atoms with Gasteiger partial charge in [-0.2, -0.15) is 0 Å². The lowest BCUT2D eigenvalue weighted by atomic mass is 10.1. The third-order valence-corrected chi connectivity index (χ3v) is 4.57. The van der Waals surface area contributed by atoms with E-state index in [1.54, 1.807) is 35.9 Å². The molecule has 1 N–H and O–H groups in total. The van der Waals surface area contributed by atoms with Crippen LogP contribution in [0.15, 0.2) is 45.5 Å². The van der Waals surface area contributed by atoms with Crippen molar-refractivity contribution >= 4 is 44.1 Å². The van der Waals surface area contributed by atoms with Gasteiger partial charge in [0.1, 0.15) is 11.3 Å². The van der Waals surface area contributed by atoms with Crippen molar-refractivity contribution < 1.29 is 13.6 Å². The van der Waals surface area contributed by atoms with Crippen molar-refractivity contribution in [1.29, 1.82) is 0 Å². The quantitative estimate of drug-likeness (QED) is 0.522. The van der Waals surface area contributed by atoms with Crippen molar-refractivity contribution in [1.82, 2.24) is 9.38 Å². The molecule has 126 valence electrons. The lowest BCUT2D eigenvalue weighted by Gasteiger charge is -2.07. The van der Waals surface area contributed by atoms with Crippen LogP contribution in [0.1, 0.15) is 21.8 Å². The maximum atomic E-state index is 14.2. The maximum absolute atomic E-state index is 14.2. The Kier molecular flexibility index (Phi) is 3.61. The fourth-order valence-corrected chi connectivity index (χ4v) is 3.27. The smallest absolute Gasteiger partial charge is 0.259 e. The number of aryl methyl sites for hydroxylation is 2. The van der Waals surface area contributed by atoms with Gasteiger partial charge in [0.25, 0.3) is 5.91 Å². The minimum atomic E-state index is -0.499. The first-order valence-electron chi connectivity index (χ1n) is 7.57. The van der Waals surface area contributed by atoms with Crippen molar-refractivity contribution in [3.8, 4) is 0 Å². The highest BCUT2D eigenvalue weighted by Crippen LogP contribution is 2.30. The molecule has 0 aliphatic heterocycles. The first-order valence-corrected chi connectivity index (χ1v) is 8.36. The molecule has 3 heterocycles. The standard InChI is InChI=1S/C18H13BrFN3O2/c1-9-7-23-8-11(6-15(20)17(23)21-9)22-18(24)12-3-4-14(19)13-5-10(2)25-16(12)13/h3-8H,1-2H3,(H,22,24). The molecule has 25 heavy (non-hydrogen) atoms. The highest BCUT2D eigenvalue weighted by molar-refractivity contribution is 9.10. The molecule has 0 fully saturated rings. The Labute approximate surface area is 150 Å². The van der Waals surface area contributed by atoms with Gasteiger partial charge in [-0.3, -0.25) is 4.79 Å². The number of imidazole rings is 1. The van der Waals surface area contributed by atoms with E-state index in [1.807, 2.05) is 13.0 Å². The van der Waals surface area contributed by atoms with Gasteiger partial charge in [-0.15, -0.1) is 0 Å². The van der Waals surface area contributed by atoms with E-state index in [0.717, 1.165) is 9.86 Å². The third kappa shape index (κ3) is 2.70. The van der Waals surface area contributed by atoms with Crippen LogP contribution in [0.4, 0.5) is 10.1 Å². The number of fused-ring (bicyclic) bond motifs is 2. The van der Waals surface area contributed by atoms with Crippen LogP contribution >= 0.6 is 15.9 Å². The normalized spacial score (nSPS) is 11.4. The van der Waals surface area contributed by atoms with Crippen LogP contribution < -0.4 is 5.32 Å². The topological polar surface area (TPSA) is 59.5 Å². The Morgan fingerprint density at radius 2 is 2.08 bits per heavy atom. The van der Waals surface area contributed by atoms with Crippen LogP contribution in [0.25, 0.3) is 16.6 Å². The van der Waals surface area contributed by atoms with Gasteiger partial charge < -0.3 is 14.1 Å². The van der Waals surface area contributed by atoms with Gasteiger partial charge >= 0.3 is 0 Å². The zero-order valence-corrected chi connectivity index (χ0v) is 15.0. The molecular weight excluding hydrogens is 389 g/mol. The highest BCUT2D eigenvalue weighted by atomic mass is 79.9. The molecule has 3 aromatic heterocycles. The minimum Gasteiger partial charge on any atom is -0.460 e. The number of furan rings is 1. The first-order chi connectivity index (χ1) is 11.9. The van der Waals surface area contributed by atoms with Crippen molar-refractivity contribution in [2.24, 2.45) is 0 Å². The van der Waals surface area contributed by atoms with E-state index < -0.39 is 5.82 Å². The van der Waals surface area contributed by atoms with Gasteiger partial charge in [-0.05, 0) is 32.0 Å². The van der Waals surface area contributed by atoms with Crippen LogP contribution in [0, 0.1) is 19.7 Å². The van der Waals surface area contributed by atoms with Crippen LogP contribution in [-0.4, -0.2) is 15.3 Å². The molecule has 0 aliphatic carbocycles. The molecule has 5 nitrogen and oxygen atoms in total. The van der Waals surface area contributed by atoms with Gasteiger partial charge in [0.05, 0.1) is 16.9 Å². The Morgan fingerprint density at radius 3 is 2.88 bits per heavy atom. The monoisotopic (exact) mass is 401 g/mol. The Balaban J connectivity index is 1.74. The number of carbonyl (C=O) groups excluding carboxylic acids is 1. The zero-order valence-electron chi connectivity index (χ0n) is 13.4. The van der Waals surface area contributed by atoms with Gasteiger partial charge in [-0.1, -0.05) is 15.9 Å². The van der Waals surface area contributed by atoms with E-state index in [9.17, 15) is 9.18 Å². The molecular formula is C18H13BrFN3O2. The van der Waals surface area contributed by atoms with Crippen LogP contribution in [0.3, 0.4) is 0 Å². The zero-order chi connectivity index (χ0) is 17.7. The highest BCUT2D eigenvalue weighted by Gasteiger charge is 2.17. The van der Waals surface area contributed by atoms with E-state index in [4.69, 9.17) is 4.42 Å². The fraction of sp³-hybridized carbons (Fsp3) is 0.111. The Morgan fingerprint density at radius 1 is 1.28 bits per heavy atom.